The summed E-state index contributed by atoms with van der Waals surface area (Å²) in [6, 6.07) is 16.4. The molecule has 2 aliphatic rings. The van der Waals surface area contributed by atoms with Crippen LogP contribution in [0.2, 0.25) is 0 Å². The number of ether oxygens (including phenoxy) is 1. The van der Waals surface area contributed by atoms with Gasteiger partial charge in [-0.2, -0.15) is 4.31 Å². The number of nitrogens with one attached hydrogen (secondary N) is 1. The number of carbonyl (C=O) groups is 1. The Morgan fingerprint density at radius 3 is 2.35 bits per heavy atom. The minimum absolute atomic E-state index is 0.135. The van der Waals surface area contributed by atoms with E-state index in [-0.39, 0.29) is 36.5 Å². The molecular formula is C19H20N2O4S. The average molecular weight is 372 g/mol. The van der Waals surface area contributed by atoms with Crippen LogP contribution in [0.1, 0.15) is 0 Å². The zero-order valence-electron chi connectivity index (χ0n) is 14.2. The van der Waals surface area contributed by atoms with Crippen LogP contribution in [0.4, 0.5) is 0 Å². The van der Waals surface area contributed by atoms with Crippen molar-refractivity contribution in [1.82, 2.24) is 9.62 Å². The smallest absolute Gasteiger partial charge is 0.243 e. The van der Waals surface area contributed by atoms with E-state index in [9.17, 15) is 13.2 Å². The number of hydrogen-bond donors (Lipinski definition) is 1. The van der Waals surface area contributed by atoms with Gasteiger partial charge >= 0.3 is 0 Å². The average Bonchev–Trinajstić information content (AvgIpc) is 2.91. The highest BCUT2D eigenvalue weighted by Gasteiger charge is 2.38. The summed E-state index contributed by atoms with van der Waals surface area (Å²) in [5.74, 6) is -0.606. The van der Waals surface area contributed by atoms with Gasteiger partial charge in [0.05, 0.1) is 30.1 Å². The van der Waals surface area contributed by atoms with Crippen LogP contribution in [0.3, 0.4) is 0 Å². The standard InChI is InChI=1S/C19H20N2O4S/c22-19-16-10-21(11-17(20-19)13-25-12-16)26(23,24)18-8-6-15(7-9-18)14-4-2-1-3-5-14/h1-9,16-17H,10-13H2,(H,20,22)/t16-,17+/m1/s1. The van der Waals surface area contributed by atoms with Crippen molar-refractivity contribution in [2.45, 2.75) is 10.9 Å². The lowest BCUT2D eigenvalue weighted by Crippen LogP contribution is -2.44. The summed E-state index contributed by atoms with van der Waals surface area (Å²) in [5, 5.41) is 2.85. The van der Waals surface area contributed by atoms with E-state index in [1.807, 2.05) is 42.5 Å². The monoisotopic (exact) mass is 372 g/mol. The molecule has 136 valence electrons. The fourth-order valence-electron chi connectivity index (χ4n) is 3.38. The van der Waals surface area contributed by atoms with Crippen molar-refractivity contribution >= 4 is 15.9 Å². The van der Waals surface area contributed by atoms with Crippen LogP contribution in [0.25, 0.3) is 11.1 Å². The Morgan fingerprint density at radius 2 is 1.62 bits per heavy atom. The Hall–Kier alpha value is -2.22. The van der Waals surface area contributed by atoms with Gasteiger partial charge in [-0.15, -0.1) is 0 Å². The fourth-order valence-corrected chi connectivity index (χ4v) is 4.91. The largest absolute Gasteiger partial charge is 0.378 e. The van der Waals surface area contributed by atoms with Crippen molar-refractivity contribution < 1.29 is 17.9 Å². The van der Waals surface area contributed by atoms with E-state index in [0.717, 1.165) is 11.1 Å². The van der Waals surface area contributed by atoms with E-state index in [2.05, 4.69) is 5.32 Å². The van der Waals surface area contributed by atoms with Gasteiger partial charge in [-0.25, -0.2) is 8.42 Å². The van der Waals surface area contributed by atoms with E-state index in [4.69, 9.17) is 4.74 Å². The molecule has 7 heteroatoms. The molecule has 2 saturated heterocycles. The molecule has 2 aromatic carbocycles. The molecule has 0 aromatic heterocycles. The number of fused-ring (bicyclic) bond motifs is 3. The Morgan fingerprint density at radius 1 is 0.923 bits per heavy atom. The third kappa shape index (κ3) is 3.25. The highest BCUT2D eigenvalue weighted by Crippen LogP contribution is 2.25. The first kappa shape index (κ1) is 17.2. The number of hydrogen-bond acceptors (Lipinski definition) is 4. The van der Waals surface area contributed by atoms with E-state index in [0.29, 0.717) is 6.61 Å². The van der Waals surface area contributed by atoms with Crippen molar-refractivity contribution in [3.05, 3.63) is 54.6 Å². The lowest BCUT2D eigenvalue weighted by molar-refractivity contribution is -0.125. The van der Waals surface area contributed by atoms with Crippen molar-refractivity contribution in [1.29, 1.82) is 0 Å². The van der Waals surface area contributed by atoms with Crippen molar-refractivity contribution in [3.63, 3.8) is 0 Å². The van der Waals surface area contributed by atoms with E-state index < -0.39 is 15.9 Å². The molecule has 0 radical (unpaired) electrons. The van der Waals surface area contributed by atoms with Crippen LogP contribution < -0.4 is 5.32 Å². The molecule has 4 rings (SSSR count). The first-order valence-electron chi connectivity index (χ1n) is 8.58. The first-order valence-corrected chi connectivity index (χ1v) is 10.0. The van der Waals surface area contributed by atoms with Crippen LogP contribution in [-0.2, 0) is 19.6 Å². The number of amides is 1. The molecule has 0 saturated carbocycles. The fraction of sp³-hybridized carbons (Fsp3) is 0.316. The highest BCUT2D eigenvalue weighted by molar-refractivity contribution is 7.89. The molecule has 0 aliphatic carbocycles. The van der Waals surface area contributed by atoms with Gasteiger partial charge < -0.3 is 10.1 Å². The molecule has 0 unspecified atom stereocenters. The van der Waals surface area contributed by atoms with Gasteiger partial charge in [-0.1, -0.05) is 42.5 Å². The van der Waals surface area contributed by atoms with Crippen molar-refractivity contribution in [3.8, 4) is 11.1 Å². The van der Waals surface area contributed by atoms with E-state index in [1.165, 1.54) is 4.31 Å². The van der Waals surface area contributed by atoms with Crippen LogP contribution in [0.15, 0.2) is 59.5 Å². The number of rotatable bonds is 3. The zero-order valence-corrected chi connectivity index (χ0v) is 15.0. The maximum absolute atomic E-state index is 13.1. The quantitative estimate of drug-likeness (QED) is 0.886. The highest BCUT2D eigenvalue weighted by atomic mass is 32.2. The Balaban J connectivity index is 1.61. The third-order valence-corrected chi connectivity index (χ3v) is 6.65. The number of sulfonamides is 1. The molecule has 2 fully saturated rings. The molecule has 1 amide bonds. The van der Waals surface area contributed by atoms with Gasteiger partial charge in [-0.05, 0) is 23.3 Å². The minimum atomic E-state index is -3.66. The van der Waals surface area contributed by atoms with Crippen LogP contribution >= 0.6 is 0 Å². The summed E-state index contributed by atoms with van der Waals surface area (Å²) in [7, 11) is -3.66. The second kappa shape index (κ2) is 6.83. The Bertz CT molecular complexity index is 897. The van der Waals surface area contributed by atoms with E-state index >= 15 is 0 Å². The molecule has 6 nitrogen and oxygen atoms in total. The molecule has 26 heavy (non-hydrogen) atoms. The molecule has 2 atom stereocenters. The molecular weight excluding hydrogens is 352 g/mol. The number of nitrogens with zero attached hydrogens (tertiary/aromatic N) is 1. The van der Waals surface area contributed by atoms with Crippen molar-refractivity contribution in [2.24, 2.45) is 5.92 Å². The maximum Gasteiger partial charge on any atom is 0.243 e. The molecule has 2 aliphatic heterocycles. The Labute approximate surface area is 152 Å². The lowest BCUT2D eigenvalue weighted by Gasteiger charge is -2.27. The summed E-state index contributed by atoms with van der Waals surface area (Å²) in [6.45, 7) is 0.957. The number of benzene rings is 2. The summed E-state index contributed by atoms with van der Waals surface area (Å²) in [6.07, 6.45) is 0. The predicted octanol–water partition coefficient (Wildman–Crippen LogP) is 1.49. The SMILES string of the molecule is O=C1N[C@@H]2COC[C@H]1CN(S(=O)(=O)c1ccc(-c3ccccc3)cc1)C2. The summed E-state index contributed by atoms with van der Waals surface area (Å²) < 4.78 is 33.0. The van der Waals surface area contributed by atoms with Gasteiger partial charge in [0.15, 0.2) is 0 Å². The molecule has 2 heterocycles. The first-order chi connectivity index (χ1) is 12.5. The normalized spacial score (nSPS) is 23.9. The molecule has 2 bridgehead atoms. The summed E-state index contributed by atoms with van der Waals surface area (Å²) in [5.41, 5.74) is 2.00. The van der Waals surface area contributed by atoms with Gasteiger partial charge in [0.25, 0.3) is 0 Å². The number of carbonyl (C=O) groups excluding carboxylic acids is 1. The minimum Gasteiger partial charge on any atom is -0.378 e. The Kier molecular flexibility index (Phi) is 4.52. The second-order valence-corrected chi connectivity index (χ2v) is 8.59. The summed E-state index contributed by atoms with van der Waals surface area (Å²) in [4.78, 5) is 12.3. The van der Waals surface area contributed by atoms with Gasteiger partial charge in [0, 0.05) is 13.1 Å². The third-order valence-electron chi connectivity index (χ3n) is 4.80. The maximum atomic E-state index is 13.1. The van der Waals surface area contributed by atoms with Gasteiger partial charge in [0.2, 0.25) is 15.9 Å². The zero-order chi connectivity index (χ0) is 18.1. The summed E-state index contributed by atoms with van der Waals surface area (Å²) >= 11 is 0. The van der Waals surface area contributed by atoms with Crippen LogP contribution in [0.5, 0.6) is 0 Å². The molecule has 2 aromatic rings. The predicted molar refractivity (Wildman–Crippen MR) is 96.9 cm³/mol. The van der Waals surface area contributed by atoms with Crippen LogP contribution in [0, 0.1) is 5.92 Å². The van der Waals surface area contributed by atoms with Crippen LogP contribution in [-0.4, -0.2) is 51.0 Å². The lowest BCUT2D eigenvalue weighted by atomic mass is 10.1. The molecule has 1 N–H and O–H groups in total. The second-order valence-electron chi connectivity index (χ2n) is 6.65. The van der Waals surface area contributed by atoms with Gasteiger partial charge in [-0.3, -0.25) is 4.79 Å². The molecule has 0 spiro atoms. The van der Waals surface area contributed by atoms with Gasteiger partial charge in [0.1, 0.15) is 0 Å². The topological polar surface area (TPSA) is 75.7 Å². The van der Waals surface area contributed by atoms with E-state index in [1.54, 1.807) is 12.1 Å². The van der Waals surface area contributed by atoms with Crippen molar-refractivity contribution in [2.75, 3.05) is 26.3 Å².